The Kier molecular flexibility index (Phi) is 4.73. The third-order valence-electron chi connectivity index (χ3n) is 1.99. The van der Waals surface area contributed by atoms with E-state index in [4.69, 9.17) is 10.2 Å². The largest absolute Gasteiger partial charge is 0.480 e. The molecule has 5 nitrogen and oxygen atoms in total. The van der Waals surface area contributed by atoms with E-state index < -0.39 is 12.0 Å². The van der Waals surface area contributed by atoms with Gasteiger partial charge in [-0.3, -0.25) is 9.78 Å². The second-order valence-corrected chi connectivity index (χ2v) is 3.15. The number of aliphatic carboxylic acids is 1. The molecule has 0 saturated carbocycles. The molecule has 1 aromatic rings. The van der Waals surface area contributed by atoms with Gasteiger partial charge in [0.05, 0.1) is 0 Å². The number of rotatable bonds is 6. The Morgan fingerprint density at radius 3 is 2.93 bits per heavy atom. The van der Waals surface area contributed by atoms with E-state index in [2.05, 4.69) is 10.3 Å². The maximum atomic E-state index is 10.7. The van der Waals surface area contributed by atoms with Crippen molar-refractivity contribution in [3.05, 3.63) is 30.1 Å². The van der Waals surface area contributed by atoms with Crippen LogP contribution in [0.3, 0.4) is 0 Å². The monoisotopic (exact) mass is 210 g/mol. The van der Waals surface area contributed by atoms with Crippen LogP contribution in [0.25, 0.3) is 0 Å². The SMILES string of the molecule is O=C(O)[C@H](CCO)NCc1cccnc1. The van der Waals surface area contributed by atoms with Gasteiger partial charge in [0, 0.05) is 25.5 Å². The van der Waals surface area contributed by atoms with Gasteiger partial charge in [0.1, 0.15) is 6.04 Å². The number of hydrogen-bond donors (Lipinski definition) is 3. The van der Waals surface area contributed by atoms with Crippen LogP contribution < -0.4 is 5.32 Å². The molecule has 0 aliphatic rings. The van der Waals surface area contributed by atoms with Gasteiger partial charge in [0.2, 0.25) is 0 Å². The third kappa shape index (κ3) is 4.05. The molecule has 3 N–H and O–H groups in total. The van der Waals surface area contributed by atoms with Crippen molar-refractivity contribution in [1.82, 2.24) is 10.3 Å². The van der Waals surface area contributed by atoms with Gasteiger partial charge in [-0.15, -0.1) is 0 Å². The topological polar surface area (TPSA) is 82.5 Å². The summed E-state index contributed by atoms with van der Waals surface area (Å²) in [5.41, 5.74) is 0.918. The summed E-state index contributed by atoms with van der Waals surface area (Å²) in [5.74, 6) is -0.951. The molecule has 1 heterocycles. The highest BCUT2D eigenvalue weighted by Gasteiger charge is 2.15. The average Bonchev–Trinajstić information content (AvgIpc) is 2.25. The number of aliphatic hydroxyl groups is 1. The van der Waals surface area contributed by atoms with Crippen LogP contribution in [0.1, 0.15) is 12.0 Å². The predicted octanol–water partition coefficient (Wildman–Crippen LogP) is 0.00680. The van der Waals surface area contributed by atoms with Crippen molar-refractivity contribution in [3.63, 3.8) is 0 Å². The fourth-order valence-electron chi connectivity index (χ4n) is 1.19. The van der Waals surface area contributed by atoms with Crippen LogP contribution in [0.5, 0.6) is 0 Å². The van der Waals surface area contributed by atoms with Crippen molar-refractivity contribution >= 4 is 5.97 Å². The zero-order valence-electron chi connectivity index (χ0n) is 8.26. The smallest absolute Gasteiger partial charge is 0.320 e. The molecular weight excluding hydrogens is 196 g/mol. The van der Waals surface area contributed by atoms with Crippen molar-refractivity contribution < 1.29 is 15.0 Å². The first-order valence-electron chi connectivity index (χ1n) is 4.70. The fraction of sp³-hybridized carbons (Fsp3) is 0.400. The minimum Gasteiger partial charge on any atom is -0.480 e. The van der Waals surface area contributed by atoms with Crippen molar-refractivity contribution in [2.24, 2.45) is 0 Å². The van der Waals surface area contributed by atoms with Crippen molar-refractivity contribution in [3.8, 4) is 0 Å². The molecular formula is C10H14N2O3. The molecule has 5 heteroatoms. The molecule has 0 aliphatic heterocycles. The quantitative estimate of drug-likeness (QED) is 0.616. The minimum atomic E-state index is -0.951. The molecule has 0 bridgehead atoms. The number of aromatic nitrogens is 1. The Labute approximate surface area is 87.8 Å². The number of carboxylic acid groups (broad SMARTS) is 1. The van der Waals surface area contributed by atoms with Crippen LogP contribution in [0.15, 0.2) is 24.5 Å². The zero-order chi connectivity index (χ0) is 11.1. The van der Waals surface area contributed by atoms with Gasteiger partial charge in [0.25, 0.3) is 0 Å². The van der Waals surface area contributed by atoms with Gasteiger partial charge in [-0.1, -0.05) is 6.07 Å². The molecule has 0 radical (unpaired) electrons. The summed E-state index contributed by atoms with van der Waals surface area (Å²) in [6, 6.07) is 2.94. The predicted molar refractivity (Wildman–Crippen MR) is 54.2 cm³/mol. The fourth-order valence-corrected chi connectivity index (χ4v) is 1.19. The Bertz CT molecular complexity index is 303. The first-order chi connectivity index (χ1) is 7.24. The average molecular weight is 210 g/mol. The molecule has 0 aromatic carbocycles. The summed E-state index contributed by atoms with van der Waals surface area (Å²) in [6.07, 6.45) is 3.53. The summed E-state index contributed by atoms with van der Waals surface area (Å²) in [5, 5.41) is 20.3. The molecule has 1 aromatic heterocycles. The van der Waals surface area contributed by atoms with Gasteiger partial charge in [-0.05, 0) is 18.1 Å². The molecule has 0 unspecified atom stereocenters. The summed E-state index contributed by atoms with van der Waals surface area (Å²) in [4.78, 5) is 14.6. The lowest BCUT2D eigenvalue weighted by Crippen LogP contribution is -2.36. The van der Waals surface area contributed by atoms with Crippen molar-refractivity contribution in [2.45, 2.75) is 19.0 Å². The molecule has 1 rings (SSSR count). The molecule has 0 saturated heterocycles. The normalized spacial score (nSPS) is 12.3. The maximum Gasteiger partial charge on any atom is 0.320 e. The van der Waals surface area contributed by atoms with E-state index in [9.17, 15) is 4.79 Å². The van der Waals surface area contributed by atoms with Crippen LogP contribution in [0.2, 0.25) is 0 Å². The first kappa shape index (κ1) is 11.6. The lowest BCUT2D eigenvalue weighted by atomic mass is 10.2. The molecule has 1 atom stereocenters. The number of nitrogens with zero attached hydrogens (tertiary/aromatic N) is 1. The number of carboxylic acids is 1. The molecule has 0 fully saturated rings. The van der Waals surface area contributed by atoms with Crippen LogP contribution in [-0.2, 0) is 11.3 Å². The summed E-state index contributed by atoms with van der Waals surface area (Å²) < 4.78 is 0. The minimum absolute atomic E-state index is 0.142. The highest BCUT2D eigenvalue weighted by Crippen LogP contribution is 1.98. The van der Waals surface area contributed by atoms with E-state index in [1.54, 1.807) is 18.5 Å². The summed E-state index contributed by atoms with van der Waals surface area (Å²) in [6.45, 7) is 0.293. The second-order valence-electron chi connectivity index (χ2n) is 3.15. The lowest BCUT2D eigenvalue weighted by molar-refractivity contribution is -0.139. The number of carbonyl (C=O) groups is 1. The molecule has 0 amide bonds. The van der Waals surface area contributed by atoms with Crippen LogP contribution >= 0.6 is 0 Å². The van der Waals surface area contributed by atoms with E-state index in [1.165, 1.54) is 0 Å². The van der Waals surface area contributed by atoms with E-state index in [1.807, 2.05) is 6.07 Å². The standard InChI is InChI=1S/C10H14N2O3/c13-5-3-9(10(14)15)12-7-8-2-1-4-11-6-8/h1-2,4,6,9,12-13H,3,5,7H2,(H,14,15)/t9-/m0/s1. The van der Waals surface area contributed by atoms with Crippen LogP contribution in [0.4, 0.5) is 0 Å². The number of pyridine rings is 1. The highest BCUT2D eigenvalue weighted by molar-refractivity contribution is 5.73. The molecule has 82 valence electrons. The molecule has 0 spiro atoms. The Morgan fingerprint density at radius 2 is 2.40 bits per heavy atom. The zero-order valence-corrected chi connectivity index (χ0v) is 8.26. The number of hydrogen-bond acceptors (Lipinski definition) is 4. The van der Waals surface area contributed by atoms with Crippen molar-refractivity contribution in [1.29, 1.82) is 0 Å². The van der Waals surface area contributed by atoms with Gasteiger partial charge in [0.15, 0.2) is 0 Å². The highest BCUT2D eigenvalue weighted by atomic mass is 16.4. The van der Waals surface area contributed by atoms with Gasteiger partial charge in [-0.25, -0.2) is 0 Å². The van der Waals surface area contributed by atoms with E-state index >= 15 is 0 Å². The van der Waals surface area contributed by atoms with Gasteiger partial charge in [-0.2, -0.15) is 0 Å². The van der Waals surface area contributed by atoms with Gasteiger partial charge < -0.3 is 15.5 Å². The molecule has 0 aliphatic carbocycles. The summed E-state index contributed by atoms with van der Waals surface area (Å²) >= 11 is 0. The first-order valence-corrected chi connectivity index (χ1v) is 4.70. The van der Waals surface area contributed by atoms with Crippen molar-refractivity contribution in [2.75, 3.05) is 6.61 Å². The Morgan fingerprint density at radius 1 is 1.60 bits per heavy atom. The second kappa shape index (κ2) is 6.10. The van der Waals surface area contributed by atoms with E-state index in [0.29, 0.717) is 6.54 Å². The maximum absolute atomic E-state index is 10.7. The Balaban J connectivity index is 2.43. The Hall–Kier alpha value is -1.46. The van der Waals surface area contributed by atoms with Gasteiger partial charge >= 0.3 is 5.97 Å². The number of aliphatic hydroxyl groups excluding tert-OH is 1. The lowest BCUT2D eigenvalue weighted by Gasteiger charge is -2.12. The van der Waals surface area contributed by atoms with E-state index in [0.717, 1.165) is 5.56 Å². The van der Waals surface area contributed by atoms with Crippen LogP contribution in [-0.4, -0.2) is 33.8 Å². The van der Waals surface area contributed by atoms with E-state index in [-0.39, 0.29) is 13.0 Å². The molecule has 15 heavy (non-hydrogen) atoms. The summed E-state index contributed by atoms with van der Waals surface area (Å²) in [7, 11) is 0. The number of nitrogens with one attached hydrogen (secondary N) is 1. The third-order valence-corrected chi connectivity index (χ3v) is 1.99. The van der Waals surface area contributed by atoms with Crippen LogP contribution in [0, 0.1) is 0 Å².